The second kappa shape index (κ2) is 7.02. The van der Waals surface area contributed by atoms with Crippen molar-refractivity contribution in [3.63, 3.8) is 0 Å². The molecule has 1 saturated heterocycles. The number of carboxylic acids is 1. The summed E-state index contributed by atoms with van der Waals surface area (Å²) in [6, 6.07) is 5.53. The average molecular weight is 349 g/mol. The van der Waals surface area contributed by atoms with Gasteiger partial charge in [-0.1, -0.05) is 17.7 Å². The molecule has 2 aromatic rings. The molecule has 1 aliphatic heterocycles. The number of nitrogens with one attached hydrogen (secondary N) is 1. The molecule has 0 spiro atoms. The van der Waals surface area contributed by atoms with Crippen molar-refractivity contribution < 1.29 is 14.6 Å². The van der Waals surface area contributed by atoms with Crippen LogP contribution in [-0.4, -0.2) is 47.3 Å². The van der Waals surface area contributed by atoms with Gasteiger partial charge < -0.3 is 20.1 Å². The maximum atomic E-state index is 11.4. The Balaban J connectivity index is 1.91. The van der Waals surface area contributed by atoms with Crippen LogP contribution in [0.3, 0.4) is 0 Å². The molecule has 1 fully saturated rings. The highest BCUT2D eigenvalue weighted by Crippen LogP contribution is 2.24. The van der Waals surface area contributed by atoms with Crippen LogP contribution in [-0.2, 0) is 4.74 Å². The number of carboxylic acid groups (broad SMARTS) is 1. The zero-order chi connectivity index (χ0) is 17.1. The third kappa shape index (κ3) is 3.58. The van der Waals surface area contributed by atoms with Gasteiger partial charge >= 0.3 is 5.97 Å². The van der Waals surface area contributed by atoms with Gasteiger partial charge in [-0.3, -0.25) is 0 Å². The Hall–Kier alpha value is -2.38. The number of aromatic carboxylic acids is 1. The fourth-order valence-electron chi connectivity index (χ4n) is 2.40. The number of nitrogens with zero attached hydrogens (tertiary/aromatic N) is 3. The summed E-state index contributed by atoms with van der Waals surface area (Å²) in [5, 5.41) is 13.1. The summed E-state index contributed by atoms with van der Waals surface area (Å²) in [4.78, 5) is 21.8. The second-order valence-electron chi connectivity index (χ2n) is 5.42. The minimum Gasteiger partial charge on any atom is -0.477 e. The monoisotopic (exact) mass is 348 g/mol. The Kier molecular flexibility index (Phi) is 4.82. The van der Waals surface area contributed by atoms with E-state index in [-0.39, 0.29) is 5.56 Å². The van der Waals surface area contributed by atoms with Gasteiger partial charge in [-0.2, -0.15) is 4.98 Å². The predicted octanol–water partition coefficient (Wildman–Crippen LogP) is 2.72. The van der Waals surface area contributed by atoms with E-state index in [0.717, 1.165) is 11.3 Å². The van der Waals surface area contributed by atoms with Gasteiger partial charge in [0.1, 0.15) is 11.4 Å². The number of rotatable bonds is 4. The molecule has 126 valence electrons. The Morgan fingerprint density at radius 1 is 1.38 bits per heavy atom. The van der Waals surface area contributed by atoms with Crippen LogP contribution in [0.25, 0.3) is 0 Å². The van der Waals surface area contributed by atoms with Crippen LogP contribution >= 0.6 is 11.6 Å². The van der Waals surface area contributed by atoms with E-state index in [1.54, 1.807) is 6.07 Å². The number of anilines is 3. The zero-order valence-corrected chi connectivity index (χ0v) is 13.9. The Morgan fingerprint density at radius 2 is 2.12 bits per heavy atom. The molecular formula is C16H17ClN4O3. The number of carbonyl (C=O) groups is 1. The quantitative estimate of drug-likeness (QED) is 0.878. The molecule has 0 amide bonds. The third-order valence-electron chi connectivity index (χ3n) is 3.74. The van der Waals surface area contributed by atoms with Gasteiger partial charge in [0.05, 0.1) is 13.2 Å². The number of benzene rings is 1. The highest BCUT2D eigenvalue weighted by atomic mass is 35.5. The van der Waals surface area contributed by atoms with Gasteiger partial charge in [-0.15, -0.1) is 0 Å². The maximum absolute atomic E-state index is 11.4. The molecule has 0 unspecified atom stereocenters. The molecule has 0 atom stereocenters. The molecule has 1 aromatic carbocycles. The van der Waals surface area contributed by atoms with E-state index in [2.05, 4.69) is 15.3 Å². The molecule has 0 radical (unpaired) electrons. The van der Waals surface area contributed by atoms with Crippen molar-refractivity contribution in [1.82, 2.24) is 9.97 Å². The summed E-state index contributed by atoms with van der Waals surface area (Å²) >= 11 is 6.12. The lowest BCUT2D eigenvalue weighted by Crippen LogP contribution is -2.38. The summed E-state index contributed by atoms with van der Waals surface area (Å²) in [6.07, 6.45) is 1.32. The summed E-state index contributed by atoms with van der Waals surface area (Å²) in [6.45, 7) is 4.18. The molecule has 1 aromatic heterocycles. The van der Waals surface area contributed by atoms with Crippen molar-refractivity contribution in [3.05, 3.63) is 40.5 Å². The van der Waals surface area contributed by atoms with E-state index in [1.807, 2.05) is 24.0 Å². The first-order chi connectivity index (χ1) is 11.5. The van der Waals surface area contributed by atoms with E-state index in [9.17, 15) is 9.90 Å². The lowest BCUT2D eigenvalue weighted by Gasteiger charge is -2.28. The van der Waals surface area contributed by atoms with Crippen molar-refractivity contribution >= 4 is 35.0 Å². The van der Waals surface area contributed by atoms with Crippen LogP contribution in [0.1, 0.15) is 15.9 Å². The lowest BCUT2D eigenvalue weighted by molar-refractivity contribution is 0.0695. The molecule has 1 aliphatic rings. The van der Waals surface area contributed by atoms with Crippen molar-refractivity contribution in [2.75, 3.05) is 36.5 Å². The summed E-state index contributed by atoms with van der Waals surface area (Å²) in [7, 11) is 0. The fourth-order valence-corrected chi connectivity index (χ4v) is 2.58. The lowest BCUT2D eigenvalue weighted by atomic mass is 10.2. The standard InChI is InChI=1S/C16H17ClN4O3/c1-10-2-3-11(8-13(10)17)19-16-18-9-12(15(22)23)14(20-16)21-4-6-24-7-5-21/h2-3,8-9H,4-7H2,1H3,(H,22,23)(H,18,19,20). The van der Waals surface area contributed by atoms with Crippen LogP contribution in [0.15, 0.2) is 24.4 Å². The molecule has 7 nitrogen and oxygen atoms in total. The van der Waals surface area contributed by atoms with Gasteiger partial charge in [-0.05, 0) is 24.6 Å². The normalized spacial score (nSPS) is 14.5. The van der Waals surface area contributed by atoms with Crippen molar-refractivity contribution in [3.8, 4) is 0 Å². The fraction of sp³-hybridized carbons (Fsp3) is 0.312. The van der Waals surface area contributed by atoms with Gasteiger partial charge in [0.2, 0.25) is 5.95 Å². The Morgan fingerprint density at radius 3 is 2.79 bits per heavy atom. The summed E-state index contributed by atoms with van der Waals surface area (Å²) in [5.41, 5.74) is 1.78. The topological polar surface area (TPSA) is 87.6 Å². The first-order valence-electron chi connectivity index (χ1n) is 7.51. The zero-order valence-electron chi connectivity index (χ0n) is 13.1. The largest absolute Gasteiger partial charge is 0.477 e. The van der Waals surface area contributed by atoms with Gasteiger partial charge in [0.25, 0.3) is 0 Å². The molecule has 0 bridgehead atoms. The molecular weight excluding hydrogens is 332 g/mol. The summed E-state index contributed by atoms with van der Waals surface area (Å²) in [5.74, 6) is -0.343. The number of morpholine rings is 1. The van der Waals surface area contributed by atoms with E-state index in [0.29, 0.717) is 43.1 Å². The highest BCUT2D eigenvalue weighted by molar-refractivity contribution is 6.31. The number of halogens is 1. The van der Waals surface area contributed by atoms with E-state index in [1.165, 1.54) is 6.20 Å². The van der Waals surface area contributed by atoms with E-state index < -0.39 is 5.97 Å². The van der Waals surface area contributed by atoms with Crippen LogP contribution in [0.5, 0.6) is 0 Å². The average Bonchev–Trinajstić information content (AvgIpc) is 2.59. The highest BCUT2D eigenvalue weighted by Gasteiger charge is 2.21. The van der Waals surface area contributed by atoms with Crippen LogP contribution in [0.2, 0.25) is 5.02 Å². The molecule has 8 heteroatoms. The number of hydrogen-bond acceptors (Lipinski definition) is 6. The minimum atomic E-state index is -1.05. The van der Waals surface area contributed by atoms with Crippen LogP contribution in [0.4, 0.5) is 17.5 Å². The molecule has 24 heavy (non-hydrogen) atoms. The first-order valence-corrected chi connectivity index (χ1v) is 7.88. The minimum absolute atomic E-state index is 0.0735. The number of aromatic nitrogens is 2. The molecule has 2 N–H and O–H groups in total. The SMILES string of the molecule is Cc1ccc(Nc2ncc(C(=O)O)c(N3CCOCC3)n2)cc1Cl. The molecule has 0 saturated carbocycles. The Labute approximate surface area is 144 Å². The van der Waals surface area contributed by atoms with Crippen molar-refractivity contribution in [2.24, 2.45) is 0 Å². The second-order valence-corrected chi connectivity index (χ2v) is 5.83. The van der Waals surface area contributed by atoms with Crippen LogP contribution in [0, 0.1) is 6.92 Å². The van der Waals surface area contributed by atoms with Crippen molar-refractivity contribution in [2.45, 2.75) is 6.92 Å². The van der Waals surface area contributed by atoms with Gasteiger partial charge in [-0.25, -0.2) is 9.78 Å². The molecule has 2 heterocycles. The third-order valence-corrected chi connectivity index (χ3v) is 4.14. The Bertz CT molecular complexity index is 763. The molecule has 0 aliphatic carbocycles. The predicted molar refractivity (Wildman–Crippen MR) is 91.5 cm³/mol. The number of aryl methyl sites for hydroxylation is 1. The van der Waals surface area contributed by atoms with E-state index >= 15 is 0 Å². The summed E-state index contributed by atoms with van der Waals surface area (Å²) < 4.78 is 5.31. The van der Waals surface area contributed by atoms with Gasteiger partial charge in [0.15, 0.2) is 0 Å². The van der Waals surface area contributed by atoms with Gasteiger partial charge in [0, 0.05) is 30.0 Å². The van der Waals surface area contributed by atoms with E-state index in [4.69, 9.17) is 16.3 Å². The van der Waals surface area contributed by atoms with Crippen molar-refractivity contribution in [1.29, 1.82) is 0 Å². The maximum Gasteiger partial charge on any atom is 0.341 e. The smallest absolute Gasteiger partial charge is 0.341 e. The first kappa shape index (κ1) is 16.5. The molecule has 3 rings (SSSR count). The van der Waals surface area contributed by atoms with Crippen LogP contribution < -0.4 is 10.2 Å². The number of ether oxygens (including phenoxy) is 1. The number of hydrogen-bond donors (Lipinski definition) is 2.